The molecule has 2 aromatic carbocycles. The molecule has 1 atom stereocenters. The summed E-state index contributed by atoms with van der Waals surface area (Å²) in [5, 5.41) is 9.99. The van der Waals surface area contributed by atoms with Crippen molar-refractivity contribution in [2.75, 3.05) is 18.6 Å². The van der Waals surface area contributed by atoms with Crippen molar-refractivity contribution >= 4 is 35.0 Å². The first-order chi connectivity index (χ1) is 13.4. The van der Waals surface area contributed by atoms with Gasteiger partial charge in [-0.25, -0.2) is 0 Å². The number of ether oxygens (including phenoxy) is 1. The monoisotopic (exact) mass is 403 g/mol. The molecule has 3 N–H and O–H groups in total. The van der Waals surface area contributed by atoms with Gasteiger partial charge in [0.1, 0.15) is 11.5 Å². The van der Waals surface area contributed by atoms with E-state index in [2.05, 4.69) is 10.9 Å². The van der Waals surface area contributed by atoms with E-state index in [-0.39, 0.29) is 35.2 Å². The van der Waals surface area contributed by atoms with Crippen LogP contribution in [0.5, 0.6) is 11.5 Å². The Hall–Kier alpha value is -3.26. The molecule has 3 rings (SSSR count). The molecule has 1 saturated heterocycles. The van der Waals surface area contributed by atoms with Gasteiger partial charge in [0.2, 0.25) is 11.8 Å². The molecule has 9 heteroatoms. The number of methoxy groups -OCH3 is 1. The quantitative estimate of drug-likeness (QED) is 0.675. The van der Waals surface area contributed by atoms with Crippen LogP contribution in [0.4, 0.5) is 5.69 Å². The Labute approximate surface area is 166 Å². The van der Waals surface area contributed by atoms with Gasteiger partial charge in [-0.2, -0.15) is 0 Å². The molecule has 146 valence electrons. The number of anilines is 1. The number of amides is 3. The molecule has 1 aliphatic heterocycles. The molecule has 28 heavy (non-hydrogen) atoms. The summed E-state index contributed by atoms with van der Waals surface area (Å²) in [6.45, 7) is 0.190. The lowest BCUT2D eigenvalue weighted by molar-refractivity contribution is -0.126. The maximum absolute atomic E-state index is 12.3. The molecular weight excluding hydrogens is 386 g/mol. The second-order valence-corrected chi connectivity index (χ2v) is 6.64. The van der Waals surface area contributed by atoms with Gasteiger partial charge in [0.25, 0.3) is 5.91 Å². The number of phenolic OH excluding ortho intramolecular Hbond substituents is 1. The van der Waals surface area contributed by atoms with Crippen molar-refractivity contribution in [3.8, 4) is 11.5 Å². The van der Waals surface area contributed by atoms with Gasteiger partial charge in [0.05, 0.1) is 18.6 Å². The van der Waals surface area contributed by atoms with Crippen LogP contribution in [0.3, 0.4) is 0 Å². The molecule has 0 aromatic heterocycles. The molecule has 1 unspecified atom stereocenters. The van der Waals surface area contributed by atoms with Gasteiger partial charge < -0.3 is 14.7 Å². The lowest BCUT2D eigenvalue weighted by Crippen LogP contribution is -2.45. The third-order valence-corrected chi connectivity index (χ3v) is 4.62. The molecule has 0 bridgehead atoms. The number of phenols is 1. The average molecular weight is 404 g/mol. The molecule has 0 radical (unpaired) electrons. The van der Waals surface area contributed by atoms with Crippen molar-refractivity contribution in [1.29, 1.82) is 0 Å². The normalized spacial score (nSPS) is 16.0. The molecule has 0 spiro atoms. The van der Waals surface area contributed by atoms with E-state index in [1.807, 2.05) is 0 Å². The number of hydrazine groups is 1. The fourth-order valence-corrected chi connectivity index (χ4v) is 3.04. The molecular formula is C19H18ClN3O5. The SMILES string of the molecule is COc1ccc(N2CC(C(=O)NNC(=O)c3cc(Cl)ccc3O)CC2=O)cc1. The first-order valence-corrected chi connectivity index (χ1v) is 8.80. The highest BCUT2D eigenvalue weighted by Crippen LogP contribution is 2.27. The highest BCUT2D eigenvalue weighted by molar-refractivity contribution is 6.31. The van der Waals surface area contributed by atoms with Crippen molar-refractivity contribution in [1.82, 2.24) is 10.9 Å². The van der Waals surface area contributed by atoms with Gasteiger partial charge in [-0.05, 0) is 42.5 Å². The van der Waals surface area contributed by atoms with E-state index < -0.39 is 17.7 Å². The summed E-state index contributed by atoms with van der Waals surface area (Å²) >= 11 is 5.81. The Morgan fingerprint density at radius 1 is 1.18 bits per heavy atom. The zero-order chi connectivity index (χ0) is 20.3. The number of aromatic hydroxyl groups is 1. The Kier molecular flexibility index (Phi) is 5.70. The molecule has 0 saturated carbocycles. The molecule has 1 fully saturated rings. The third kappa shape index (κ3) is 4.17. The lowest BCUT2D eigenvalue weighted by atomic mass is 10.1. The fourth-order valence-electron chi connectivity index (χ4n) is 2.87. The fraction of sp³-hybridized carbons (Fsp3) is 0.211. The summed E-state index contributed by atoms with van der Waals surface area (Å²) in [5.41, 5.74) is 5.10. The zero-order valence-electron chi connectivity index (χ0n) is 14.9. The van der Waals surface area contributed by atoms with Crippen LogP contribution in [0.15, 0.2) is 42.5 Å². The maximum Gasteiger partial charge on any atom is 0.273 e. The maximum atomic E-state index is 12.3. The van der Waals surface area contributed by atoms with E-state index in [1.54, 1.807) is 31.4 Å². The number of halogens is 1. The van der Waals surface area contributed by atoms with E-state index in [4.69, 9.17) is 16.3 Å². The van der Waals surface area contributed by atoms with Crippen LogP contribution >= 0.6 is 11.6 Å². The first kappa shape index (κ1) is 19.5. The third-order valence-electron chi connectivity index (χ3n) is 4.38. The smallest absolute Gasteiger partial charge is 0.273 e. The predicted molar refractivity (Wildman–Crippen MR) is 102 cm³/mol. The van der Waals surface area contributed by atoms with Gasteiger partial charge in [-0.15, -0.1) is 0 Å². The summed E-state index contributed by atoms with van der Waals surface area (Å²) in [5.74, 6) is -1.63. The number of rotatable bonds is 4. The van der Waals surface area contributed by atoms with Crippen LogP contribution in [0.1, 0.15) is 16.8 Å². The molecule has 3 amide bonds. The van der Waals surface area contributed by atoms with E-state index in [1.165, 1.54) is 23.1 Å². The van der Waals surface area contributed by atoms with Gasteiger partial charge in [0.15, 0.2) is 0 Å². The first-order valence-electron chi connectivity index (χ1n) is 8.42. The van der Waals surface area contributed by atoms with Gasteiger partial charge >= 0.3 is 0 Å². The number of hydrogen-bond acceptors (Lipinski definition) is 5. The second-order valence-electron chi connectivity index (χ2n) is 6.21. The number of carbonyl (C=O) groups excluding carboxylic acids is 3. The van der Waals surface area contributed by atoms with Crippen molar-refractivity contribution in [3.63, 3.8) is 0 Å². The Bertz CT molecular complexity index is 916. The standard InChI is InChI=1S/C19H18ClN3O5/c1-28-14-5-3-13(4-6-14)23-10-11(8-17(23)25)18(26)21-22-19(27)15-9-12(20)2-7-16(15)24/h2-7,9,11,24H,8,10H2,1H3,(H,21,26)(H,22,27). The highest BCUT2D eigenvalue weighted by atomic mass is 35.5. The van der Waals surface area contributed by atoms with Crippen molar-refractivity contribution in [2.24, 2.45) is 5.92 Å². The van der Waals surface area contributed by atoms with Crippen LogP contribution in [-0.2, 0) is 9.59 Å². The van der Waals surface area contributed by atoms with Gasteiger partial charge in [-0.3, -0.25) is 25.2 Å². The van der Waals surface area contributed by atoms with E-state index in [0.717, 1.165) is 0 Å². The molecule has 1 aliphatic rings. The summed E-state index contributed by atoms with van der Waals surface area (Å²) < 4.78 is 5.09. The van der Waals surface area contributed by atoms with Crippen LogP contribution in [-0.4, -0.2) is 36.5 Å². The summed E-state index contributed by atoms with van der Waals surface area (Å²) in [6, 6.07) is 10.9. The minimum Gasteiger partial charge on any atom is -0.507 e. The van der Waals surface area contributed by atoms with E-state index >= 15 is 0 Å². The molecule has 0 aliphatic carbocycles. The largest absolute Gasteiger partial charge is 0.507 e. The topological polar surface area (TPSA) is 108 Å². The Morgan fingerprint density at radius 2 is 1.89 bits per heavy atom. The summed E-state index contributed by atoms with van der Waals surface area (Å²) in [4.78, 5) is 38.2. The van der Waals surface area contributed by atoms with Crippen molar-refractivity contribution in [3.05, 3.63) is 53.1 Å². The van der Waals surface area contributed by atoms with E-state index in [9.17, 15) is 19.5 Å². The van der Waals surface area contributed by atoms with E-state index in [0.29, 0.717) is 11.4 Å². The zero-order valence-corrected chi connectivity index (χ0v) is 15.7. The number of carbonyl (C=O) groups is 3. The van der Waals surface area contributed by atoms with Crippen molar-refractivity contribution in [2.45, 2.75) is 6.42 Å². The number of hydrogen-bond donors (Lipinski definition) is 3. The van der Waals surface area contributed by atoms with Crippen LogP contribution in [0.2, 0.25) is 5.02 Å². The molecule has 8 nitrogen and oxygen atoms in total. The number of benzene rings is 2. The summed E-state index contributed by atoms with van der Waals surface area (Å²) in [6.07, 6.45) is 0.0240. The van der Waals surface area contributed by atoms with Crippen molar-refractivity contribution < 1.29 is 24.2 Å². The number of nitrogens with one attached hydrogen (secondary N) is 2. The predicted octanol–water partition coefficient (Wildman–Crippen LogP) is 1.87. The second kappa shape index (κ2) is 8.18. The number of nitrogens with zero attached hydrogens (tertiary/aromatic N) is 1. The van der Waals surface area contributed by atoms with Gasteiger partial charge in [0, 0.05) is 23.7 Å². The molecule has 2 aromatic rings. The minimum atomic E-state index is -0.718. The Balaban J connectivity index is 1.60. The lowest BCUT2D eigenvalue weighted by Gasteiger charge is -2.17. The van der Waals surface area contributed by atoms with Crippen LogP contribution in [0.25, 0.3) is 0 Å². The van der Waals surface area contributed by atoms with Crippen LogP contribution < -0.4 is 20.5 Å². The molecule has 1 heterocycles. The average Bonchev–Trinajstić information content (AvgIpc) is 3.09. The summed E-state index contributed by atoms with van der Waals surface area (Å²) in [7, 11) is 1.55. The Morgan fingerprint density at radius 3 is 2.57 bits per heavy atom. The highest BCUT2D eigenvalue weighted by Gasteiger charge is 2.35. The van der Waals surface area contributed by atoms with Gasteiger partial charge in [-0.1, -0.05) is 11.6 Å². The van der Waals surface area contributed by atoms with Crippen LogP contribution in [0, 0.1) is 5.92 Å². The minimum absolute atomic E-state index is 0.0240.